The van der Waals surface area contributed by atoms with Crippen LogP contribution in [0.4, 0.5) is 11.4 Å². The maximum Gasteiger partial charge on any atom is 0.247 e. The Morgan fingerprint density at radius 2 is 1.89 bits per heavy atom. The first kappa shape index (κ1) is 24.9. The third-order valence-electron chi connectivity index (χ3n) is 6.38. The minimum Gasteiger partial charge on any atom is -0.495 e. The molecule has 2 N–H and O–H groups in total. The van der Waals surface area contributed by atoms with Crippen molar-refractivity contribution < 1.29 is 14.3 Å². The second-order valence-corrected chi connectivity index (χ2v) is 9.37. The molecule has 2 aromatic carbocycles. The molecule has 0 saturated carbocycles. The van der Waals surface area contributed by atoms with Crippen LogP contribution in [0.5, 0.6) is 11.5 Å². The molecule has 0 saturated heterocycles. The average molecular weight is 515 g/mol. The number of amides is 1. The van der Waals surface area contributed by atoms with Gasteiger partial charge in [0.05, 0.1) is 35.6 Å². The number of anilines is 2. The van der Waals surface area contributed by atoms with Gasteiger partial charge in [-0.15, -0.1) is 0 Å². The molecule has 35 heavy (non-hydrogen) atoms. The Bertz CT molecular complexity index is 1260. The van der Waals surface area contributed by atoms with Gasteiger partial charge >= 0.3 is 0 Å². The van der Waals surface area contributed by atoms with Crippen LogP contribution in [0.25, 0.3) is 11.3 Å². The van der Waals surface area contributed by atoms with E-state index in [1.807, 2.05) is 37.2 Å². The van der Waals surface area contributed by atoms with Gasteiger partial charge < -0.3 is 19.7 Å². The van der Waals surface area contributed by atoms with Gasteiger partial charge in [-0.3, -0.25) is 9.89 Å². The van der Waals surface area contributed by atoms with Crippen LogP contribution in [0.15, 0.2) is 36.9 Å². The number of aromatic amines is 1. The van der Waals surface area contributed by atoms with Gasteiger partial charge in [-0.2, -0.15) is 5.10 Å². The number of rotatable bonds is 7. The first-order valence-corrected chi connectivity index (χ1v) is 12.0. The number of methoxy groups -OCH3 is 2. The highest BCUT2D eigenvalue weighted by Gasteiger charge is 2.31. The minimum absolute atomic E-state index is 0.0656. The smallest absolute Gasteiger partial charge is 0.247 e. The molecule has 4 rings (SSSR count). The van der Waals surface area contributed by atoms with E-state index in [0.717, 1.165) is 46.6 Å². The van der Waals surface area contributed by atoms with Crippen molar-refractivity contribution in [3.8, 4) is 22.8 Å². The van der Waals surface area contributed by atoms with E-state index in [1.165, 1.54) is 6.08 Å². The summed E-state index contributed by atoms with van der Waals surface area (Å²) >= 11 is 13.4. The molecule has 1 heterocycles. The molecule has 1 amide bonds. The molecule has 0 bridgehead atoms. The molecule has 1 atom stereocenters. The fraction of sp³-hybridized carbons (Fsp3) is 0.308. The molecule has 0 fully saturated rings. The summed E-state index contributed by atoms with van der Waals surface area (Å²) in [7, 11) is 7.05. The average Bonchev–Trinajstić information content (AvgIpc) is 3.27. The quantitative estimate of drug-likeness (QED) is 0.385. The van der Waals surface area contributed by atoms with E-state index < -0.39 is 0 Å². The third-order valence-corrected chi connectivity index (χ3v) is 7.16. The molecule has 1 aliphatic carbocycles. The molecule has 9 heteroatoms. The topological polar surface area (TPSA) is 79.5 Å². The molecule has 0 radical (unpaired) electrons. The zero-order chi connectivity index (χ0) is 25.3. The number of benzene rings is 2. The van der Waals surface area contributed by atoms with Crippen LogP contribution < -0.4 is 19.7 Å². The zero-order valence-corrected chi connectivity index (χ0v) is 21.7. The summed E-state index contributed by atoms with van der Waals surface area (Å²) in [6.07, 6.45) is 3.52. The molecule has 1 aliphatic rings. The lowest BCUT2D eigenvalue weighted by Crippen LogP contribution is -2.15. The summed E-state index contributed by atoms with van der Waals surface area (Å²) in [5, 5.41) is 11.8. The lowest BCUT2D eigenvalue weighted by Gasteiger charge is -2.26. The summed E-state index contributed by atoms with van der Waals surface area (Å²) in [4.78, 5) is 14.1. The van der Waals surface area contributed by atoms with Crippen molar-refractivity contribution in [3.05, 3.63) is 63.8 Å². The zero-order valence-electron chi connectivity index (χ0n) is 20.2. The Hall–Kier alpha value is -3.16. The highest BCUT2D eigenvalue weighted by atomic mass is 35.5. The summed E-state index contributed by atoms with van der Waals surface area (Å²) in [5.41, 5.74) is 6.28. The van der Waals surface area contributed by atoms with E-state index in [0.29, 0.717) is 33.7 Å². The Labute approximate surface area is 215 Å². The van der Waals surface area contributed by atoms with Crippen molar-refractivity contribution in [2.24, 2.45) is 0 Å². The summed E-state index contributed by atoms with van der Waals surface area (Å²) in [6.45, 7) is 3.57. The van der Waals surface area contributed by atoms with Gasteiger partial charge in [0.2, 0.25) is 5.91 Å². The van der Waals surface area contributed by atoms with Crippen molar-refractivity contribution in [3.63, 3.8) is 0 Å². The highest BCUT2D eigenvalue weighted by molar-refractivity contribution is 6.38. The normalized spacial score (nSPS) is 14.7. The molecule has 7 nitrogen and oxygen atoms in total. The van der Waals surface area contributed by atoms with Crippen LogP contribution in [0.1, 0.15) is 29.2 Å². The number of ether oxygens (including phenoxy) is 2. The van der Waals surface area contributed by atoms with Gasteiger partial charge in [0.15, 0.2) is 0 Å². The molecule has 0 spiro atoms. The number of fused-ring (bicyclic) bond motifs is 1. The predicted octanol–water partition coefficient (Wildman–Crippen LogP) is 5.86. The number of hydrogen-bond donors (Lipinski definition) is 2. The Morgan fingerprint density at radius 3 is 2.49 bits per heavy atom. The summed E-state index contributed by atoms with van der Waals surface area (Å²) in [6, 6.07) is 7.63. The molecule has 0 aliphatic heterocycles. The minimum atomic E-state index is -0.275. The highest BCUT2D eigenvalue weighted by Crippen LogP contribution is 2.48. The van der Waals surface area contributed by atoms with E-state index >= 15 is 0 Å². The van der Waals surface area contributed by atoms with Gasteiger partial charge in [-0.1, -0.05) is 29.8 Å². The van der Waals surface area contributed by atoms with Crippen molar-refractivity contribution in [2.45, 2.75) is 25.2 Å². The lowest BCUT2D eigenvalue weighted by atomic mass is 9.81. The number of aromatic nitrogens is 2. The fourth-order valence-electron chi connectivity index (χ4n) is 4.54. The Balaban J connectivity index is 1.72. The predicted molar refractivity (Wildman–Crippen MR) is 142 cm³/mol. The van der Waals surface area contributed by atoms with Crippen molar-refractivity contribution >= 4 is 40.5 Å². The molecule has 184 valence electrons. The van der Waals surface area contributed by atoms with Crippen molar-refractivity contribution in [2.75, 3.05) is 38.5 Å². The number of hydrogen-bond acceptors (Lipinski definition) is 5. The molecular weight excluding hydrogens is 487 g/mol. The molecule has 1 aromatic heterocycles. The van der Waals surface area contributed by atoms with Gasteiger partial charge in [0.25, 0.3) is 0 Å². The number of nitrogens with one attached hydrogen (secondary N) is 2. The SMILES string of the molecule is C=CC(=O)Nc1cc(N(C)C)ccc1-c1n[nH]c2c1CC[C@H](c1c(Cl)c(OC)cc(OC)c1Cl)C2. The second-order valence-electron chi connectivity index (χ2n) is 8.61. The standard InChI is InChI=1S/C26H28Cl2N4O3/c1-6-22(33)29-18-12-15(32(2)3)8-10-16(18)26-17-9-7-14(11-19(17)30-31-26)23-24(27)20(34-4)13-21(35-5)25(23)28/h6,8,10,12-14H,1,7,9,11H2,2-5H3,(H,29,33)(H,30,31)/t14-/m0/s1. The van der Waals surface area contributed by atoms with Crippen LogP contribution >= 0.6 is 23.2 Å². The molecule has 3 aromatic rings. The van der Waals surface area contributed by atoms with E-state index in [-0.39, 0.29) is 11.8 Å². The number of carbonyl (C=O) groups excluding carboxylic acids is 1. The molecular formula is C26H28Cl2N4O3. The number of nitrogens with zero attached hydrogens (tertiary/aromatic N) is 2. The summed E-state index contributed by atoms with van der Waals surface area (Å²) in [5.74, 6) is 0.851. The van der Waals surface area contributed by atoms with Crippen LogP contribution in [-0.4, -0.2) is 44.4 Å². The largest absolute Gasteiger partial charge is 0.495 e. The number of H-pyrrole nitrogens is 1. The third kappa shape index (κ3) is 4.70. The first-order chi connectivity index (χ1) is 16.8. The van der Waals surface area contributed by atoms with Crippen molar-refractivity contribution in [1.82, 2.24) is 10.2 Å². The van der Waals surface area contributed by atoms with E-state index in [9.17, 15) is 4.79 Å². The van der Waals surface area contributed by atoms with Crippen LogP contribution in [0.2, 0.25) is 10.0 Å². The maximum absolute atomic E-state index is 12.1. The van der Waals surface area contributed by atoms with Crippen molar-refractivity contribution in [1.29, 1.82) is 0 Å². The molecule has 0 unspecified atom stereocenters. The number of carbonyl (C=O) groups is 1. The lowest BCUT2D eigenvalue weighted by molar-refractivity contribution is -0.111. The Morgan fingerprint density at radius 1 is 1.20 bits per heavy atom. The van der Waals surface area contributed by atoms with Gasteiger partial charge in [0, 0.05) is 48.2 Å². The number of halogens is 2. The second kappa shape index (κ2) is 10.2. The van der Waals surface area contributed by atoms with E-state index in [4.69, 9.17) is 32.7 Å². The Kier molecular flexibility index (Phi) is 7.28. The van der Waals surface area contributed by atoms with E-state index in [1.54, 1.807) is 20.3 Å². The monoisotopic (exact) mass is 514 g/mol. The van der Waals surface area contributed by atoms with Crippen LogP contribution in [0, 0.1) is 0 Å². The van der Waals surface area contributed by atoms with Crippen LogP contribution in [-0.2, 0) is 17.6 Å². The van der Waals surface area contributed by atoms with E-state index in [2.05, 4.69) is 22.1 Å². The first-order valence-electron chi connectivity index (χ1n) is 11.2. The summed E-state index contributed by atoms with van der Waals surface area (Å²) < 4.78 is 10.9. The van der Waals surface area contributed by atoms with Crippen LogP contribution in [0.3, 0.4) is 0 Å². The van der Waals surface area contributed by atoms with Gasteiger partial charge in [0.1, 0.15) is 11.5 Å². The van der Waals surface area contributed by atoms with Gasteiger partial charge in [-0.05, 0) is 49.5 Å². The fourth-order valence-corrected chi connectivity index (χ4v) is 5.35. The maximum atomic E-state index is 12.1. The van der Waals surface area contributed by atoms with Gasteiger partial charge in [-0.25, -0.2) is 0 Å².